The summed E-state index contributed by atoms with van der Waals surface area (Å²) in [4.78, 5) is 19.1. The molecule has 152 valence electrons. The van der Waals surface area contributed by atoms with Crippen molar-refractivity contribution in [1.82, 2.24) is 9.38 Å². The lowest BCUT2D eigenvalue weighted by Crippen LogP contribution is -2.08. The molecule has 0 bridgehead atoms. The van der Waals surface area contributed by atoms with Gasteiger partial charge in [0.15, 0.2) is 0 Å². The molecule has 0 spiro atoms. The highest BCUT2D eigenvalue weighted by atomic mass is 35.5. The van der Waals surface area contributed by atoms with Crippen molar-refractivity contribution in [2.75, 3.05) is 31.4 Å². The van der Waals surface area contributed by atoms with E-state index >= 15 is 0 Å². The van der Waals surface area contributed by atoms with E-state index in [0.717, 1.165) is 22.6 Å². The average molecular weight is 421 g/mol. The minimum absolute atomic E-state index is 0.415. The molecule has 0 atom stereocenters. The molecule has 0 aliphatic carbocycles. The predicted molar refractivity (Wildman–Crippen MR) is 121 cm³/mol. The van der Waals surface area contributed by atoms with Gasteiger partial charge in [0.2, 0.25) is 0 Å². The van der Waals surface area contributed by atoms with Crippen molar-refractivity contribution in [3.8, 4) is 11.3 Å². The number of fused-ring (bicyclic) bond motifs is 1. The number of halogens is 1. The Hall–Kier alpha value is -3.51. The van der Waals surface area contributed by atoms with E-state index < -0.39 is 5.97 Å². The van der Waals surface area contributed by atoms with Gasteiger partial charge in [0.25, 0.3) is 0 Å². The molecule has 0 fully saturated rings. The van der Waals surface area contributed by atoms with E-state index in [2.05, 4.69) is 5.32 Å². The highest BCUT2D eigenvalue weighted by molar-refractivity contribution is 6.30. The van der Waals surface area contributed by atoms with E-state index in [9.17, 15) is 4.79 Å². The second kappa shape index (κ2) is 8.08. The molecular formula is C23H21ClN4O2. The molecule has 0 saturated heterocycles. The number of methoxy groups -OCH3 is 1. The lowest BCUT2D eigenvalue weighted by molar-refractivity contribution is 0.0602. The summed E-state index contributed by atoms with van der Waals surface area (Å²) in [6.45, 7) is 0. The van der Waals surface area contributed by atoms with Crippen molar-refractivity contribution in [3.05, 3.63) is 77.4 Å². The van der Waals surface area contributed by atoms with Gasteiger partial charge >= 0.3 is 5.97 Å². The standard InChI is InChI=1S/C23H21ClN4O2/c1-27(2)17-11-8-15(9-12-17)21-22(28-14-16(24)10-13-20(28)26-21)25-19-7-5-4-6-18(19)23(29)30-3/h4-14,25H,1-3H3. The summed E-state index contributed by atoms with van der Waals surface area (Å²) in [5.41, 5.74) is 4.59. The van der Waals surface area contributed by atoms with Crippen molar-refractivity contribution < 1.29 is 9.53 Å². The number of aromatic nitrogens is 2. The fourth-order valence-electron chi connectivity index (χ4n) is 3.26. The van der Waals surface area contributed by atoms with Crippen LogP contribution >= 0.6 is 11.6 Å². The molecule has 2 aromatic carbocycles. The molecule has 0 aliphatic heterocycles. The third kappa shape index (κ3) is 3.69. The molecule has 6 nitrogen and oxygen atoms in total. The Balaban J connectivity index is 1.87. The number of carbonyl (C=O) groups excluding carboxylic acids is 1. The molecule has 1 N–H and O–H groups in total. The minimum atomic E-state index is -0.415. The topological polar surface area (TPSA) is 58.9 Å². The first kappa shape index (κ1) is 19.8. The van der Waals surface area contributed by atoms with Crippen molar-refractivity contribution >= 4 is 40.4 Å². The van der Waals surface area contributed by atoms with Gasteiger partial charge in [0.1, 0.15) is 17.2 Å². The van der Waals surface area contributed by atoms with Crippen LogP contribution in [0.15, 0.2) is 66.9 Å². The molecule has 4 aromatic rings. The lowest BCUT2D eigenvalue weighted by Gasteiger charge is -2.14. The molecular weight excluding hydrogens is 400 g/mol. The third-order valence-corrected chi connectivity index (χ3v) is 5.05. The Morgan fingerprint density at radius 2 is 1.80 bits per heavy atom. The van der Waals surface area contributed by atoms with Crippen molar-refractivity contribution in [2.45, 2.75) is 0 Å². The highest BCUT2D eigenvalue weighted by Gasteiger charge is 2.18. The number of nitrogens with one attached hydrogen (secondary N) is 1. The first-order chi connectivity index (χ1) is 14.5. The summed E-state index contributed by atoms with van der Waals surface area (Å²) in [7, 11) is 5.36. The van der Waals surface area contributed by atoms with Crippen molar-refractivity contribution in [2.24, 2.45) is 0 Å². The number of nitrogens with zero attached hydrogens (tertiary/aromatic N) is 3. The number of pyridine rings is 1. The number of ether oxygens (including phenoxy) is 1. The van der Waals surface area contributed by atoms with Gasteiger partial charge in [-0.25, -0.2) is 9.78 Å². The van der Waals surface area contributed by atoms with Crippen LogP contribution in [0, 0.1) is 0 Å². The largest absolute Gasteiger partial charge is 0.465 e. The third-order valence-electron chi connectivity index (χ3n) is 4.83. The number of imidazole rings is 1. The average Bonchev–Trinajstić information content (AvgIpc) is 3.11. The molecule has 4 rings (SSSR count). The maximum absolute atomic E-state index is 12.2. The number of anilines is 3. The van der Waals surface area contributed by atoms with Gasteiger partial charge in [-0.1, -0.05) is 35.9 Å². The molecule has 0 saturated carbocycles. The van der Waals surface area contributed by atoms with Crippen molar-refractivity contribution in [1.29, 1.82) is 0 Å². The Morgan fingerprint density at radius 3 is 2.50 bits per heavy atom. The van der Waals surface area contributed by atoms with Crippen LogP contribution < -0.4 is 10.2 Å². The molecule has 0 amide bonds. The number of esters is 1. The summed E-state index contributed by atoms with van der Waals surface area (Å²) in [5, 5.41) is 3.96. The fraction of sp³-hybridized carbons (Fsp3) is 0.130. The second-order valence-electron chi connectivity index (χ2n) is 6.99. The zero-order valence-corrected chi connectivity index (χ0v) is 17.6. The number of para-hydroxylation sites is 1. The maximum Gasteiger partial charge on any atom is 0.339 e. The fourth-order valence-corrected chi connectivity index (χ4v) is 3.43. The summed E-state index contributed by atoms with van der Waals surface area (Å²) < 4.78 is 6.81. The van der Waals surface area contributed by atoms with Crippen LogP contribution in [0.1, 0.15) is 10.4 Å². The molecule has 7 heteroatoms. The number of rotatable bonds is 5. The van der Waals surface area contributed by atoms with Gasteiger partial charge in [-0.3, -0.25) is 4.40 Å². The number of benzene rings is 2. The monoisotopic (exact) mass is 420 g/mol. The van der Waals surface area contributed by atoms with E-state index in [0.29, 0.717) is 22.1 Å². The number of carbonyl (C=O) groups is 1. The normalized spacial score (nSPS) is 10.8. The number of hydrogen-bond acceptors (Lipinski definition) is 5. The van der Waals surface area contributed by atoms with E-state index in [1.165, 1.54) is 7.11 Å². The van der Waals surface area contributed by atoms with Gasteiger partial charge in [0, 0.05) is 31.5 Å². The van der Waals surface area contributed by atoms with E-state index in [-0.39, 0.29) is 0 Å². The molecule has 0 radical (unpaired) electrons. The maximum atomic E-state index is 12.2. The van der Waals surface area contributed by atoms with Crippen LogP contribution in [0.3, 0.4) is 0 Å². The quantitative estimate of drug-likeness (QED) is 0.447. The molecule has 30 heavy (non-hydrogen) atoms. The Kier molecular flexibility index (Phi) is 5.33. The molecule has 0 unspecified atom stereocenters. The van der Waals surface area contributed by atoms with E-state index in [1.54, 1.807) is 24.4 Å². The van der Waals surface area contributed by atoms with Gasteiger partial charge < -0.3 is 15.0 Å². The highest BCUT2D eigenvalue weighted by Crippen LogP contribution is 2.33. The zero-order chi connectivity index (χ0) is 21.3. The van der Waals surface area contributed by atoms with Crippen LogP contribution in [-0.2, 0) is 4.74 Å². The first-order valence-corrected chi connectivity index (χ1v) is 9.75. The van der Waals surface area contributed by atoms with Crippen LogP contribution in [-0.4, -0.2) is 36.6 Å². The second-order valence-corrected chi connectivity index (χ2v) is 7.42. The van der Waals surface area contributed by atoms with E-state index in [4.69, 9.17) is 21.3 Å². The Labute approximate surface area is 179 Å². The summed E-state index contributed by atoms with van der Waals surface area (Å²) in [6, 6.07) is 19.0. The molecule has 2 aromatic heterocycles. The number of hydrogen-bond donors (Lipinski definition) is 1. The van der Waals surface area contributed by atoms with Crippen molar-refractivity contribution in [3.63, 3.8) is 0 Å². The van der Waals surface area contributed by atoms with Crippen LogP contribution in [0.25, 0.3) is 16.9 Å². The molecule has 2 heterocycles. The zero-order valence-electron chi connectivity index (χ0n) is 16.9. The van der Waals surface area contributed by atoms with Gasteiger partial charge in [0.05, 0.1) is 23.4 Å². The Bertz CT molecular complexity index is 1220. The first-order valence-electron chi connectivity index (χ1n) is 9.37. The summed E-state index contributed by atoms with van der Waals surface area (Å²) >= 11 is 6.25. The summed E-state index contributed by atoms with van der Waals surface area (Å²) in [5.74, 6) is 0.295. The van der Waals surface area contributed by atoms with Gasteiger partial charge in [-0.15, -0.1) is 0 Å². The predicted octanol–water partition coefficient (Wildman–Crippen LogP) is 5.25. The Morgan fingerprint density at radius 1 is 1.07 bits per heavy atom. The van der Waals surface area contributed by atoms with Gasteiger partial charge in [-0.05, 0) is 36.4 Å². The lowest BCUT2D eigenvalue weighted by atomic mass is 10.1. The van der Waals surface area contributed by atoms with Crippen LogP contribution in [0.5, 0.6) is 0 Å². The summed E-state index contributed by atoms with van der Waals surface area (Å²) in [6.07, 6.45) is 1.80. The molecule has 0 aliphatic rings. The SMILES string of the molecule is COC(=O)c1ccccc1Nc1c(-c2ccc(N(C)C)cc2)nc2ccc(Cl)cn12. The van der Waals surface area contributed by atoms with Gasteiger partial charge in [-0.2, -0.15) is 0 Å². The smallest absolute Gasteiger partial charge is 0.339 e. The van der Waals surface area contributed by atoms with Crippen LogP contribution in [0.4, 0.5) is 17.2 Å². The minimum Gasteiger partial charge on any atom is -0.465 e. The van der Waals surface area contributed by atoms with E-state index in [1.807, 2.05) is 65.9 Å². The van der Waals surface area contributed by atoms with Crippen LogP contribution in [0.2, 0.25) is 5.02 Å².